The molecule has 0 radical (unpaired) electrons. The van der Waals surface area contributed by atoms with Crippen LogP contribution >= 0.6 is 0 Å². The van der Waals surface area contributed by atoms with E-state index in [1.54, 1.807) is 56.5 Å². The van der Waals surface area contributed by atoms with E-state index in [2.05, 4.69) is 5.32 Å². The number of benzene rings is 3. The maximum absolute atomic E-state index is 13.0. The smallest absolute Gasteiger partial charge is 0.264 e. The number of hydrogen-bond donors (Lipinski definition) is 1. The van der Waals surface area contributed by atoms with Gasteiger partial charge in [-0.1, -0.05) is 30.3 Å². The normalized spacial score (nSPS) is 13.9. The molecule has 0 fully saturated rings. The van der Waals surface area contributed by atoms with Crippen molar-refractivity contribution in [3.8, 4) is 16.9 Å². The fraction of sp³-hybridized carbons (Fsp3) is 0.174. The molecule has 4 rings (SSSR count). The number of nitrogens with one attached hydrogen (secondary N) is 1. The van der Waals surface area contributed by atoms with Gasteiger partial charge in [0.1, 0.15) is 5.75 Å². The molecule has 30 heavy (non-hydrogen) atoms. The molecule has 0 atom stereocenters. The van der Waals surface area contributed by atoms with Crippen molar-refractivity contribution >= 4 is 21.6 Å². The summed E-state index contributed by atoms with van der Waals surface area (Å²) in [6, 6.07) is 19.5. The first-order chi connectivity index (χ1) is 14.5. The SMILES string of the molecule is CCN1c2ccc(C(=O)NCc3ccc(OC)cc3)cc2-c2ccccc2S1(=O)=O. The molecule has 1 N–H and O–H groups in total. The molecule has 1 amide bonds. The molecule has 0 unspecified atom stereocenters. The average Bonchev–Trinajstić information content (AvgIpc) is 2.78. The molecule has 1 aliphatic heterocycles. The van der Waals surface area contributed by atoms with Gasteiger partial charge in [0.05, 0.1) is 17.7 Å². The monoisotopic (exact) mass is 422 g/mol. The van der Waals surface area contributed by atoms with E-state index >= 15 is 0 Å². The molecule has 3 aromatic carbocycles. The molecule has 0 aliphatic carbocycles. The minimum Gasteiger partial charge on any atom is -0.497 e. The summed E-state index contributed by atoms with van der Waals surface area (Å²) in [5.41, 5.74) is 3.37. The number of carbonyl (C=O) groups excluding carboxylic acids is 1. The Bertz CT molecular complexity index is 1200. The second-order valence-corrected chi connectivity index (χ2v) is 8.76. The highest BCUT2D eigenvalue weighted by Crippen LogP contribution is 2.43. The fourth-order valence-corrected chi connectivity index (χ4v) is 5.34. The summed E-state index contributed by atoms with van der Waals surface area (Å²) in [4.78, 5) is 13.0. The van der Waals surface area contributed by atoms with Crippen LogP contribution in [0.4, 0.5) is 5.69 Å². The van der Waals surface area contributed by atoms with Crippen molar-refractivity contribution in [3.05, 3.63) is 77.9 Å². The summed E-state index contributed by atoms with van der Waals surface area (Å²) in [6.45, 7) is 2.49. The second-order valence-electron chi connectivity index (χ2n) is 6.93. The van der Waals surface area contributed by atoms with E-state index in [1.807, 2.05) is 24.3 Å². The lowest BCUT2D eigenvalue weighted by atomic mass is 10.00. The number of anilines is 1. The van der Waals surface area contributed by atoms with E-state index in [9.17, 15) is 13.2 Å². The highest BCUT2D eigenvalue weighted by molar-refractivity contribution is 7.93. The first-order valence-corrected chi connectivity index (χ1v) is 11.1. The van der Waals surface area contributed by atoms with Gasteiger partial charge in [-0.15, -0.1) is 0 Å². The Morgan fingerprint density at radius 3 is 2.43 bits per heavy atom. The predicted molar refractivity (Wildman–Crippen MR) is 116 cm³/mol. The van der Waals surface area contributed by atoms with Crippen molar-refractivity contribution in [2.75, 3.05) is 18.0 Å². The van der Waals surface area contributed by atoms with Gasteiger partial charge in [-0.3, -0.25) is 9.10 Å². The Labute approximate surface area is 176 Å². The molecule has 0 spiro atoms. The van der Waals surface area contributed by atoms with Crippen molar-refractivity contribution in [1.29, 1.82) is 0 Å². The van der Waals surface area contributed by atoms with Crippen LogP contribution in [0.15, 0.2) is 71.6 Å². The summed E-state index contributed by atoms with van der Waals surface area (Å²) in [5.74, 6) is 0.538. The predicted octanol–water partition coefficient (Wildman–Crippen LogP) is 3.82. The van der Waals surface area contributed by atoms with Crippen LogP contribution in [-0.4, -0.2) is 28.0 Å². The lowest BCUT2D eigenvalue weighted by molar-refractivity contribution is 0.0951. The van der Waals surface area contributed by atoms with Crippen LogP contribution in [-0.2, 0) is 16.6 Å². The van der Waals surface area contributed by atoms with Gasteiger partial charge < -0.3 is 10.1 Å². The van der Waals surface area contributed by atoms with E-state index in [4.69, 9.17) is 4.74 Å². The maximum Gasteiger partial charge on any atom is 0.264 e. The molecule has 0 saturated carbocycles. The zero-order chi connectivity index (χ0) is 21.3. The van der Waals surface area contributed by atoms with E-state index in [0.717, 1.165) is 16.9 Å². The lowest BCUT2D eigenvalue weighted by Gasteiger charge is -2.31. The Morgan fingerprint density at radius 2 is 1.73 bits per heavy atom. The summed E-state index contributed by atoms with van der Waals surface area (Å²) in [6.07, 6.45) is 0. The third-order valence-corrected chi connectivity index (χ3v) is 7.12. The Hall–Kier alpha value is -3.32. The van der Waals surface area contributed by atoms with Crippen molar-refractivity contribution < 1.29 is 17.9 Å². The first-order valence-electron chi connectivity index (χ1n) is 9.63. The average molecular weight is 423 g/mol. The lowest BCUT2D eigenvalue weighted by Crippen LogP contribution is -2.34. The van der Waals surface area contributed by atoms with Crippen LogP contribution in [0.5, 0.6) is 5.75 Å². The molecule has 1 heterocycles. The molecule has 0 saturated heterocycles. The number of methoxy groups -OCH3 is 1. The van der Waals surface area contributed by atoms with E-state index in [1.165, 1.54) is 4.31 Å². The van der Waals surface area contributed by atoms with Gasteiger partial charge >= 0.3 is 0 Å². The van der Waals surface area contributed by atoms with Crippen LogP contribution in [0.1, 0.15) is 22.8 Å². The van der Waals surface area contributed by atoms with Gasteiger partial charge in [0, 0.05) is 29.8 Å². The van der Waals surface area contributed by atoms with E-state index in [0.29, 0.717) is 29.9 Å². The van der Waals surface area contributed by atoms with Gasteiger partial charge in [-0.05, 0) is 48.9 Å². The van der Waals surface area contributed by atoms with Crippen molar-refractivity contribution in [3.63, 3.8) is 0 Å². The van der Waals surface area contributed by atoms with Crippen molar-refractivity contribution in [2.24, 2.45) is 0 Å². The molecule has 0 bridgehead atoms. The number of hydrogen-bond acceptors (Lipinski definition) is 4. The number of nitrogens with zero attached hydrogens (tertiary/aromatic N) is 1. The summed E-state index contributed by atoms with van der Waals surface area (Å²) < 4.78 is 32.4. The third kappa shape index (κ3) is 3.41. The van der Waals surface area contributed by atoms with E-state index in [-0.39, 0.29) is 10.8 Å². The minimum atomic E-state index is -3.61. The summed E-state index contributed by atoms with van der Waals surface area (Å²) >= 11 is 0. The van der Waals surface area contributed by atoms with Crippen LogP contribution < -0.4 is 14.4 Å². The molecule has 7 heteroatoms. The number of carbonyl (C=O) groups is 1. The zero-order valence-electron chi connectivity index (χ0n) is 16.8. The van der Waals surface area contributed by atoms with Gasteiger partial charge in [0.2, 0.25) is 0 Å². The quantitative estimate of drug-likeness (QED) is 0.678. The number of amides is 1. The van der Waals surface area contributed by atoms with Crippen LogP contribution in [0.3, 0.4) is 0 Å². The van der Waals surface area contributed by atoms with Gasteiger partial charge in [0.25, 0.3) is 15.9 Å². The maximum atomic E-state index is 13.0. The second kappa shape index (κ2) is 7.84. The first kappa shape index (κ1) is 20.0. The number of rotatable bonds is 5. The van der Waals surface area contributed by atoms with Crippen LogP contribution in [0.25, 0.3) is 11.1 Å². The van der Waals surface area contributed by atoms with Gasteiger partial charge in [-0.25, -0.2) is 8.42 Å². The molecule has 1 aliphatic rings. The van der Waals surface area contributed by atoms with Crippen molar-refractivity contribution in [2.45, 2.75) is 18.4 Å². The largest absolute Gasteiger partial charge is 0.497 e. The summed E-state index contributed by atoms with van der Waals surface area (Å²) in [7, 11) is -2.00. The molecule has 6 nitrogen and oxygen atoms in total. The number of ether oxygens (including phenoxy) is 1. The standard InChI is InChI=1S/C23H22N2O4S/c1-3-25-21-13-10-17(23(26)24-15-16-8-11-18(29-2)12-9-16)14-20(21)19-6-4-5-7-22(19)30(25,27)28/h4-14H,3,15H2,1-2H3,(H,24,26). The minimum absolute atomic E-state index is 0.220. The zero-order valence-corrected chi connectivity index (χ0v) is 17.6. The Morgan fingerprint density at radius 1 is 1.00 bits per heavy atom. The van der Waals surface area contributed by atoms with Crippen LogP contribution in [0, 0.1) is 0 Å². The van der Waals surface area contributed by atoms with Gasteiger partial charge in [0.15, 0.2) is 0 Å². The highest BCUT2D eigenvalue weighted by Gasteiger charge is 2.34. The molecule has 0 aromatic heterocycles. The van der Waals surface area contributed by atoms with Crippen LogP contribution in [0.2, 0.25) is 0 Å². The highest BCUT2D eigenvalue weighted by atomic mass is 32.2. The fourth-order valence-electron chi connectivity index (χ4n) is 3.64. The van der Waals surface area contributed by atoms with E-state index < -0.39 is 10.0 Å². The van der Waals surface area contributed by atoms with Crippen molar-refractivity contribution in [1.82, 2.24) is 5.32 Å². The molecule has 3 aromatic rings. The molecular formula is C23H22N2O4S. The van der Waals surface area contributed by atoms with Gasteiger partial charge in [-0.2, -0.15) is 0 Å². The number of sulfonamides is 1. The third-order valence-electron chi connectivity index (χ3n) is 5.17. The summed E-state index contributed by atoms with van der Waals surface area (Å²) in [5, 5.41) is 2.91. The Balaban J connectivity index is 1.64. The molecule has 154 valence electrons. The molecular weight excluding hydrogens is 400 g/mol. The Kier molecular flexibility index (Phi) is 5.22. The topological polar surface area (TPSA) is 75.7 Å². The number of fused-ring (bicyclic) bond motifs is 3.